The van der Waals surface area contributed by atoms with E-state index in [9.17, 15) is 23.6 Å². The van der Waals surface area contributed by atoms with Crippen LogP contribution in [0.2, 0.25) is 0 Å². The fourth-order valence-electron chi connectivity index (χ4n) is 4.02. The highest BCUT2D eigenvalue weighted by Gasteiger charge is 2.22. The fourth-order valence-corrected chi connectivity index (χ4v) is 5.28. The second-order valence-corrected chi connectivity index (χ2v) is 8.94. The Morgan fingerprint density at radius 1 is 1.18 bits per heavy atom. The van der Waals surface area contributed by atoms with Crippen LogP contribution in [0.5, 0.6) is 0 Å². The number of thiophene rings is 1. The van der Waals surface area contributed by atoms with Crippen molar-refractivity contribution in [3.05, 3.63) is 82.2 Å². The molecule has 0 saturated heterocycles. The maximum Gasteiger partial charge on any atom is 0.287 e. The van der Waals surface area contributed by atoms with Crippen LogP contribution in [0.3, 0.4) is 0 Å². The fraction of sp³-hybridized carbons (Fsp3) is 0.227. The molecule has 0 saturated carbocycles. The maximum absolute atomic E-state index is 14.2. The number of nitrogens with two attached hydrogens (primary N) is 1. The summed E-state index contributed by atoms with van der Waals surface area (Å²) in [6, 6.07) is 4.27. The zero-order valence-electron chi connectivity index (χ0n) is 17.2. The number of benzene rings is 1. The van der Waals surface area contributed by atoms with E-state index in [-0.39, 0.29) is 41.4 Å². The predicted molar refractivity (Wildman–Crippen MR) is 123 cm³/mol. The molecule has 2 aromatic heterocycles. The number of amides is 1. The monoisotopic (exact) mass is 467 g/mol. The third-order valence-corrected chi connectivity index (χ3v) is 6.94. The zero-order chi connectivity index (χ0) is 23.3. The summed E-state index contributed by atoms with van der Waals surface area (Å²) >= 11 is 1.45. The van der Waals surface area contributed by atoms with Crippen LogP contribution >= 0.6 is 11.3 Å². The summed E-state index contributed by atoms with van der Waals surface area (Å²) in [5.41, 5.74) is 5.33. The Bertz CT molecular complexity index is 1560. The average Bonchev–Trinajstić information content (AvgIpc) is 3.39. The van der Waals surface area contributed by atoms with Crippen LogP contribution in [0, 0.1) is 5.82 Å². The van der Waals surface area contributed by atoms with Crippen molar-refractivity contribution >= 4 is 38.8 Å². The van der Waals surface area contributed by atoms with Gasteiger partial charge < -0.3 is 21.4 Å². The third-order valence-electron chi connectivity index (χ3n) is 5.76. The molecule has 2 aromatic carbocycles. The van der Waals surface area contributed by atoms with E-state index in [0.29, 0.717) is 15.8 Å². The van der Waals surface area contributed by atoms with Crippen molar-refractivity contribution in [3.63, 3.8) is 0 Å². The molecule has 5 N–H and O–H groups in total. The number of H-pyrrole nitrogens is 1. The van der Waals surface area contributed by atoms with E-state index in [1.54, 1.807) is 0 Å². The smallest absolute Gasteiger partial charge is 0.287 e. The van der Waals surface area contributed by atoms with Crippen molar-refractivity contribution in [2.45, 2.75) is 32.4 Å². The number of anilines is 2. The summed E-state index contributed by atoms with van der Waals surface area (Å²) in [7, 11) is 0. The molecule has 9 nitrogen and oxygen atoms in total. The quantitative estimate of drug-likeness (QED) is 0.313. The molecule has 11 heteroatoms. The lowest BCUT2D eigenvalue weighted by atomic mass is 10.1. The van der Waals surface area contributed by atoms with Gasteiger partial charge in [-0.15, -0.1) is 11.3 Å². The second kappa shape index (κ2) is 7.93. The summed E-state index contributed by atoms with van der Waals surface area (Å²) in [5.74, 6) is -1.15. The Morgan fingerprint density at radius 2 is 2.00 bits per heavy atom. The highest BCUT2D eigenvalue weighted by atomic mass is 32.1. The molecule has 4 aromatic rings. The zero-order valence-corrected chi connectivity index (χ0v) is 18.0. The molecule has 1 aliphatic carbocycles. The summed E-state index contributed by atoms with van der Waals surface area (Å²) in [5, 5.41) is 5.92. The largest absolute Gasteiger partial charge is 0.394 e. The number of rotatable bonds is 6. The number of carbonyl (C=O) groups excluding carboxylic acids is 1. The van der Waals surface area contributed by atoms with E-state index in [2.05, 4.69) is 20.6 Å². The van der Waals surface area contributed by atoms with Crippen molar-refractivity contribution in [3.8, 4) is 0 Å². The minimum atomic E-state index is -0.758. The van der Waals surface area contributed by atoms with Crippen molar-refractivity contribution in [1.29, 1.82) is 0 Å². The lowest BCUT2D eigenvalue weighted by Gasteiger charge is -2.12. The first-order chi connectivity index (χ1) is 15.8. The minimum absolute atomic E-state index is 0.0249. The Morgan fingerprint density at radius 3 is 2.79 bits per heavy atom. The van der Waals surface area contributed by atoms with Gasteiger partial charge in [0.1, 0.15) is 22.0 Å². The van der Waals surface area contributed by atoms with Gasteiger partial charge in [-0.3, -0.25) is 19.2 Å². The molecule has 2 heterocycles. The first kappa shape index (κ1) is 21.0. The van der Waals surface area contributed by atoms with Crippen LogP contribution in [0.4, 0.5) is 15.8 Å². The second-order valence-electron chi connectivity index (χ2n) is 7.86. The molecule has 0 fully saturated rings. The Kier molecular flexibility index (Phi) is 5.05. The van der Waals surface area contributed by atoms with Gasteiger partial charge in [-0.2, -0.15) is 0 Å². The maximum atomic E-state index is 14.2. The standard InChI is InChI=1S/C22H18FN5O4S/c23-12-5-4-9(6-10(12)8-25-16-15(24)17(29)18(16)30)7-26-21(32)19-27-20(31)14-11-2-1-3-13(11)33-22(14)28-19/h4-6,25H,1-3,7-8,24H2,(H,26,32)(H,27,28,31). The molecular formula is C22H18FN5O4S. The number of hydrogen-bond acceptors (Lipinski definition) is 8. The van der Waals surface area contributed by atoms with Crippen molar-refractivity contribution in [2.75, 3.05) is 11.1 Å². The molecule has 0 bridgehead atoms. The molecule has 1 amide bonds. The van der Waals surface area contributed by atoms with E-state index >= 15 is 0 Å². The summed E-state index contributed by atoms with van der Waals surface area (Å²) in [6.07, 6.45) is 2.79. The highest BCUT2D eigenvalue weighted by molar-refractivity contribution is 7.18. The van der Waals surface area contributed by atoms with Gasteiger partial charge >= 0.3 is 0 Å². The first-order valence-electron chi connectivity index (χ1n) is 10.3. The van der Waals surface area contributed by atoms with Gasteiger partial charge in [0.05, 0.1) is 5.39 Å². The van der Waals surface area contributed by atoms with Gasteiger partial charge in [-0.05, 0) is 42.5 Å². The summed E-state index contributed by atoms with van der Waals surface area (Å²) in [6.45, 7) is 0.00825. The van der Waals surface area contributed by atoms with Crippen LogP contribution in [0.25, 0.3) is 10.2 Å². The Labute approximate surface area is 189 Å². The van der Waals surface area contributed by atoms with Gasteiger partial charge in [-0.25, -0.2) is 9.37 Å². The van der Waals surface area contributed by atoms with E-state index in [4.69, 9.17) is 5.73 Å². The number of aromatic amines is 1. The van der Waals surface area contributed by atoms with E-state index < -0.39 is 22.6 Å². The summed E-state index contributed by atoms with van der Waals surface area (Å²) in [4.78, 5) is 56.4. The molecule has 0 spiro atoms. The molecule has 0 aliphatic heterocycles. The normalized spacial score (nSPS) is 12.9. The van der Waals surface area contributed by atoms with Crippen LogP contribution in [0.1, 0.15) is 38.6 Å². The Balaban J connectivity index is 1.29. The topological polar surface area (TPSA) is 147 Å². The SMILES string of the molecule is Nc1c(NCc2cc(CNC(=O)c3nc4sc5c(c4c(=O)[nH]3)CCC5)ccc2F)c(=O)c1=O. The van der Waals surface area contributed by atoms with Crippen LogP contribution < -0.4 is 32.8 Å². The number of aromatic nitrogens is 2. The number of hydrogen-bond donors (Lipinski definition) is 4. The number of nitrogens with one attached hydrogen (secondary N) is 3. The van der Waals surface area contributed by atoms with Crippen molar-refractivity contribution < 1.29 is 9.18 Å². The summed E-state index contributed by atoms with van der Waals surface area (Å²) < 4.78 is 14.2. The highest BCUT2D eigenvalue weighted by Crippen LogP contribution is 2.34. The molecule has 168 valence electrons. The number of halogens is 1. The average molecular weight is 467 g/mol. The number of fused-ring (bicyclic) bond motifs is 3. The van der Waals surface area contributed by atoms with Crippen molar-refractivity contribution in [2.24, 2.45) is 0 Å². The van der Waals surface area contributed by atoms with E-state index in [1.165, 1.54) is 29.5 Å². The molecule has 0 unspecified atom stereocenters. The van der Waals surface area contributed by atoms with E-state index in [0.717, 1.165) is 29.7 Å². The molecule has 1 aliphatic rings. The molecule has 5 rings (SSSR count). The predicted octanol–water partition coefficient (Wildman–Crippen LogP) is 1.33. The van der Waals surface area contributed by atoms with Gasteiger partial charge in [-0.1, -0.05) is 6.07 Å². The Hall–Kier alpha value is -3.86. The number of aryl methyl sites for hydroxylation is 2. The van der Waals surface area contributed by atoms with Crippen LogP contribution in [0.15, 0.2) is 32.6 Å². The van der Waals surface area contributed by atoms with Crippen LogP contribution in [-0.4, -0.2) is 15.9 Å². The molecule has 33 heavy (non-hydrogen) atoms. The molecular weight excluding hydrogens is 449 g/mol. The number of nitrogens with zero attached hydrogens (tertiary/aromatic N) is 1. The lowest BCUT2D eigenvalue weighted by Crippen LogP contribution is -2.37. The molecule has 0 atom stereocenters. The third kappa shape index (κ3) is 3.59. The number of carbonyl (C=O) groups is 1. The van der Waals surface area contributed by atoms with E-state index in [1.807, 2.05) is 0 Å². The minimum Gasteiger partial charge on any atom is -0.394 e. The number of nitrogen functional groups attached to an aromatic ring is 1. The van der Waals surface area contributed by atoms with Crippen molar-refractivity contribution in [1.82, 2.24) is 15.3 Å². The van der Waals surface area contributed by atoms with Gasteiger partial charge in [0.2, 0.25) is 5.82 Å². The van der Waals surface area contributed by atoms with Gasteiger partial charge in [0.15, 0.2) is 0 Å². The first-order valence-corrected chi connectivity index (χ1v) is 11.1. The lowest BCUT2D eigenvalue weighted by molar-refractivity contribution is 0.0940. The van der Waals surface area contributed by atoms with Gasteiger partial charge in [0, 0.05) is 23.5 Å². The van der Waals surface area contributed by atoms with Crippen LogP contribution in [-0.2, 0) is 25.9 Å². The van der Waals surface area contributed by atoms with Gasteiger partial charge in [0.25, 0.3) is 22.3 Å². The molecule has 0 radical (unpaired) electrons.